The number of nitrogens with one attached hydrogen (secondary N) is 1. The summed E-state index contributed by atoms with van der Waals surface area (Å²) in [4.78, 5) is 0. The van der Waals surface area contributed by atoms with Crippen molar-refractivity contribution in [1.29, 1.82) is 0 Å². The van der Waals surface area contributed by atoms with Gasteiger partial charge in [-0.15, -0.1) is 0 Å². The molecule has 0 radical (unpaired) electrons. The zero-order valence-corrected chi connectivity index (χ0v) is 10.4. The molecule has 1 aromatic rings. The van der Waals surface area contributed by atoms with Crippen LogP contribution in [-0.4, -0.2) is 6.54 Å². The van der Waals surface area contributed by atoms with Gasteiger partial charge >= 0.3 is 0 Å². The summed E-state index contributed by atoms with van der Waals surface area (Å²) >= 11 is 5.71. The van der Waals surface area contributed by atoms with Crippen LogP contribution in [0.2, 0.25) is 0 Å². The average Bonchev–Trinajstić information content (AvgIpc) is 2.18. The minimum Gasteiger partial charge on any atom is -0.305 e. The molecule has 0 aromatic heterocycles. The van der Waals surface area contributed by atoms with Crippen LogP contribution in [0.1, 0.15) is 29.7 Å². The summed E-state index contributed by atoms with van der Waals surface area (Å²) in [5, 5.41) is 3.96. The molecule has 82 valence electrons. The quantitative estimate of drug-likeness (QED) is 0.821. The highest BCUT2D eigenvalue weighted by atomic mass is 35.5. The first-order valence-electron chi connectivity index (χ1n) is 5.14. The van der Waals surface area contributed by atoms with Crippen LogP contribution in [0.15, 0.2) is 29.8 Å². The van der Waals surface area contributed by atoms with Gasteiger partial charge in [-0.2, -0.15) is 0 Å². The molecule has 0 aliphatic carbocycles. The van der Waals surface area contributed by atoms with Crippen molar-refractivity contribution >= 4 is 11.6 Å². The third-order valence-electron chi connectivity index (χ3n) is 2.63. The topological polar surface area (TPSA) is 12.0 Å². The van der Waals surface area contributed by atoms with Crippen LogP contribution in [0.3, 0.4) is 0 Å². The fourth-order valence-electron chi connectivity index (χ4n) is 1.42. The van der Waals surface area contributed by atoms with Gasteiger partial charge in [0.15, 0.2) is 0 Å². The zero-order chi connectivity index (χ0) is 11.4. The molecule has 1 N–H and O–H groups in total. The highest BCUT2D eigenvalue weighted by Crippen LogP contribution is 2.16. The van der Waals surface area contributed by atoms with Gasteiger partial charge in [-0.3, -0.25) is 0 Å². The van der Waals surface area contributed by atoms with Gasteiger partial charge in [-0.25, -0.2) is 0 Å². The first-order valence-corrected chi connectivity index (χ1v) is 5.52. The molecule has 0 heterocycles. The Morgan fingerprint density at radius 1 is 1.40 bits per heavy atom. The van der Waals surface area contributed by atoms with E-state index in [0.717, 1.165) is 0 Å². The van der Waals surface area contributed by atoms with E-state index < -0.39 is 0 Å². The van der Waals surface area contributed by atoms with Crippen LogP contribution in [0.25, 0.3) is 0 Å². The number of aryl methyl sites for hydroxylation is 2. The Balaban J connectivity index is 2.69. The lowest BCUT2D eigenvalue weighted by Crippen LogP contribution is -2.19. The van der Waals surface area contributed by atoms with Crippen LogP contribution < -0.4 is 5.32 Å². The van der Waals surface area contributed by atoms with E-state index in [2.05, 4.69) is 50.9 Å². The Morgan fingerprint density at radius 3 is 2.60 bits per heavy atom. The number of rotatable bonds is 4. The van der Waals surface area contributed by atoms with Gasteiger partial charge < -0.3 is 5.32 Å². The Labute approximate surface area is 97.1 Å². The van der Waals surface area contributed by atoms with Crippen molar-refractivity contribution in [3.05, 3.63) is 46.5 Å². The molecule has 1 nitrogen and oxygen atoms in total. The highest BCUT2D eigenvalue weighted by Gasteiger charge is 2.05. The SMILES string of the molecule is C=C(Cl)CNC(C)c1ccc(C)c(C)c1. The van der Waals surface area contributed by atoms with E-state index in [9.17, 15) is 0 Å². The number of halogens is 1. The average molecular weight is 224 g/mol. The van der Waals surface area contributed by atoms with E-state index >= 15 is 0 Å². The molecule has 1 rings (SSSR count). The van der Waals surface area contributed by atoms with Crippen LogP contribution >= 0.6 is 11.6 Å². The van der Waals surface area contributed by atoms with Crippen molar-refractivity contribution < 1.29 is 0 Å². The molecule has 0 spiro atoms. The van der Waals surface area contributed by atoms with Gasteiger partial charge in [0, 0.05) is 17.6 Å². The van der Waals surface area contributed by atoms with Gasteiger partial charge in [-0.1, -0.05) is 36.4 Å². The van der Waals surface area contributed by atoms with Crippen molar-refractivity contribution in [2.45, 2.75) is 26.8 Å². The smallest absolute Gasteiger partial charge is 0.0313 e. The lowest BCUT2D eigenvalue weighted by molar-refractivity contribution is 0.614. The van der Waals surface area contributed by atoms with Crippen molar-refractivity contribution in [3.8, 4) is 0 Å². The van der Waals surface area contributed by atoms with E-state index in [4.69, 9.17) is 11.6 Å². The normalized spacial score (nSPS) is 12.5. The minimum absolute atomic E-state index is 0.305. The molecule has 0 saturated heterocycles. The Bertz CT molecular complexity index is 358. The van der Waals surface area contributed by atoms with E-state index in [1.807, 2.05) is 0 Å². The molecule has 0 fully saturated rings. The second kappa shape index (κ2) is 5.34. The maximum Gasteiger partial charge on any atom is 0.0313 e. The Hall–Kier alpha value is -0.790. The molecule has 1 unspecified atom stereocenters. The zero-order valence-electron chi connectivity index (χ0n) is 9.60. The molecule has 2 heteroatoms. The van der Waals surface area contributed by atoms with Crippen molar-refractivity contribution in [2.24, 2.45) is 0 Å². The highest BCUT2D eigenvalue weighted by molar-refractivity contribution is 6.29. The first-order chi connectivity index (χ1) is 7.00. The molecule has 1 aromatic carbocycles. The summed E-state index contributed by atoms with van der Waals surface area (Å²) in [5.41, 5.74) is 3.94. The fourth-order valence-corrected chi connectivity index (χ4v) is 1.49. The van der Waals surface area contributed by atoms with Crippen LogP contribution in [0.4, 0.5) is 0 Å². The summed E-state index contributed by atoms with van der Waals surface area (Å²) in [6.07, 6.45) is 0. The Kier molecular flexibility index (Phi) is 4.37. The molecule has 0 aliphatic rings. The third kappa shape index (κ3) is 3.69. The van der Waals surface area contributed by atoms with Crippen LogP contribution in [0, 0.1) is 13.8 Å². The standard InChI is InChI=1S/C13H18ClN/c1-9-5-6-13(7-10(9)2)12(4)15-8-11(3)14/h5-7,12,15H,3,8H2,1-2,4H3. The van der Waals surface area contributed by atoms with Crippen molar-refractivity contribution in [1.82, 2.24) is 5.32 Å². The number of hydrogen-bond acceptors (Lipinski definition) is 1. The Morgan fingerprint density at radius 2 is 2.07 bits per heavy atom. The molecule has 0 aliphatic heterocycles. The molecule has 15 heavy (non-hydrogen) atoms. The van der Waals surface area contributed by atoms with Gasteiger partial charge in [-0.05, 0) is 37.5 Å². The third-order valence-corrected chi connectivity index (χ3v) is 2.76. The predicted molar refractivity (Wildman–Crippen MR) is 67.3 cm³/mol. The van der Waals surface area contributed by atoms with Crippen LogP contribution in [-0.2, 0) is 0 Å². The lowest BCUT2D eigenvalue weighted by Gasteiger charge is -2.15. The monoisotopic (exact) mass is 223 g/mol. The first kappa shape index (κ1) is 12.3. The van der Waals surface area contributed by atoms with Gasteiger partial charge in [0.05, 0.1) is 0 Å². The van der Waals surface area contributed by atoms with Crippen molar-refractivity contribution in [2.75, 3.05) is 6.54 Å². The van der Waals surface area contributed by atoms with Gasteiger partial charge in [0.2, 0.25) is 0 Å². The number of hydrogen-bond donors (Lipinski definition) is 1. The van der Waals surface area contributed by atoms with E-state index in [0.29, 0.717) is 17.6 Å². The lowest BCUT2D eigenvalue weighted by atomic mass is 10.0. The summed E-state index contributed by atoms with van der Waals surface area (Å²) in [7, 11) is 0. The molecular formula is C13H18ClN. The summed E-state index contributed by atoms with van der Waals surface area (Å²) in [6.45, 7) is 10.7. The predicted octanol–water partition coefficient (Wildman–Crippen LogP) is 3.71. The maximum absolute atomic E-state index is 5.71. The van der Waals surface area contributed by atoms with Gasteiger partial charge in [0.1, 0.15) is 0 Å². The second-order valence-corrected chi connectivity index (χ2v) is 4.50. The molecular weight excluding hydrogens is 206 g/mol. The van der Waals surface area contributed by atoms with Crippen LogP contribution in [0.5, 0.6) is 0 Å². The van der Waals surface area contributed by atoms with E-state index in [1.54, 1.807) is 0 Å². The fraction of sp³-hybridized carbons (Fsp3) is 0.385. The number of benzene rings is 1. The minimum atomic E-state index is 0.305. The molecule has 0 saturated carbocycles. The summed E-state index contributed by atoms with van der Waals surface area (Å²) in [5.74, 6) is 0. The summed E-state index contributed by atoms with van der Waals surface area (Å²) < 4.78 is 0. The second-order valence-electron chi connectivity index (χ2n) is 3.96. The largest absolute Gasteiger partial charge is 0.305 e. The maximum atomic E-state index is 5.71. The van der Waals surface area contributed by atoms with E-state index in [-0.39, 0.29) is 0 Å². The summed E-state index contributed by atoms with van der Waals surface area (Å²) in [6, 6.07) is 6.82. The van der Waals surface area contributed by atoms with E-state index in [1.165, 1.54) is 16.7 Å². The molecule has 1 atom stereocenters. The molecule has 0 amide bonds. The van der Waals surface area contributed by atoms with Crippen molar-refractivity contribution in [3.63, 3.8) is 0 Å². The molecule has 0 bridgehead atoms. The van der Waals surface area contributed by atoms with Gasteiger partial charge in [0.25, 0.3) is 0 Å².